The van der Waals surface area contributed by atoms with Crippen LogP contribution >= 0.6 is 23.2 Å². The molecule has 0 N–H and O–H groups in total. The zero-order valence-corrected chi connectivity index (χ0v) is 12.7. The van der Waals surface area contributed by atoms with E-state index >= 15 is 0 Å². The molecule has 2 rings (SSSR count). The largest absolute Gasteiger partial charge is 0.480 e. The minimum Gasteiger partial charge on any atom is -0.480 e. The fourth-order valence-electron chi connectivity index (χ4n) is 1.94. The lowest BCUT2D eigenvalue weighted by Gasteiger charge is -2.34. The zero-order chi connectivity index (χ0) is 15.6. The molecule has 0 spiro atoms. The lowest BCUT2D eigenvalue weighted by Crippen LogP contribution is -2.52. The van der Waals surface area contributed by atoms with Crippen LogP contribution in [0.15, 0.2) is 12.1 Å². The van der Waals surface area contributed by atoms with Gasteiger partial charge in [-0.05, 0) is 6.42 Å². The number of hydrogen-bond acceptors (Lipinski definition) is 5. The third-order valence-corrected chi connectivity index (χ3v) is 3.76. The normalized spacial score (nSPS) is 21.0. The molecule has 1 aromatic carbocycles. The Morgan fingerprint density at radius 2 is 2.05 bits per heavy atom. The average molecular weight is 334 g/mol. The number of nitrogens with zero attached hydrogens (tertiary/aromatic N) is 1. The number of benzene rings is 1. The van der Waals surface area contributed by atoms with Gasteiger partial charge in [0.1, 0.15) is 6.10 Å². The van der Waals surface area contributed by atoms with Gasteiger partial charge in [-0.2, -0.15) is 0 Å². The summed E-state index contributed by atoms with van der Waals surface area (Å²) in [5.41, 5.74) is -0.294. The summed E-state index contributed by atoms with van der Waals surface area (Å²) in [6.45, 7) is 2.35. The van der Waals surface area contributed by atoms with Gasteiger partial charge < -0.3 is 9.47 Å². The first kappa shape index (κ1) is 16.0. The summed E-state index contributed by atoms with van der Waals surface area (Å²) in [5, 5.41) is 11.2. The van der Waals surface area contributed by atoms with Crippen LogP contribution in [0.2, 0.25) is 10.0 Å². The molecule has 1 fully saturated rings. The number of halogens is 2. The first-order valence-electron chi connectivity index (χ1n) is 6.38. The Morgan fingerprint density at radius 3 is 2.62 bits per heavy atom. The number of hydrogen-bond donors (Lipinski definition) is 0. The van der Waals surface area contributed by atoms with E-state index in [1.165, 1.54) is 6.07 Å². The third-order valence-electron chi connectivity index (χ3n) is 3.04. The molecule has 0 bridgehead atoms. The summed E-state index contributed by atoms with van der Waals surface area (Å²) >= 11 is 11.6. The van der Waals surface area contributed by atoms with E-state index in [4.69, 9.17) is 32.7 Å². The van der Waals surface area contributed by atoms with Crippen LogP contribution in [0.3, 0.4) is 0 Å². The Kier molecular flexibility index (Phi) is 5.03. The van der Waals surface area contributed by atoms with Gasteiger partial charge in [0.15, 0.2) is 17.6 Å². The molecule has 114 valence electrons. The van der Waals surface area contributed by atoms with E-state index in [0.29, 0.717) is 6.61 Å². The highest BCUT2D eigenvalue weighted by Crippen LogP contribution is 2.38. The zero-order valence-electron chi connectivity index (χ0n) is 11.2. The minimum absolute atomic E-state index is 0.0167. The molecule has 0 radical (unpaired) electrons. The van der Waals surface area contributed by atoms with Crippen LogP contribution in [0.5, 0.6) is 5.75 Å². The number of carbonyl (C=O) groups is 1. The molecule has 0 heterocycles. The number of ether oxygens (including phenoxy) is 2. The first-order valence-corrected chi connectivity index (χ1v) is 7.14. The molecule has 1 aliphatic carbocycles. The van der Waals surface area contributed by atoms with Crippen molar-refractivity contribution in [3.05, 3.63) is 32.3 Å². The first-order chi connectivity index (χ1) is 9.93. The Hall–Kier alpha value is -1.37. The number of ketones is 1. The van der Waals surface area contributed by atoms with Crippen molar-refractivity contribution in [3.63, 3.8) is 0 Å². The van der Waals surface area contributed by atoms with Crippen LogP contribution in [0.4, 0.5) is 5.69 Å². The van der Waals surface area contributed by atoms with Gasteiger partial charge in [-0.3, -0.25) is 14.9 Å². The molecule has 0 aliphatic heterocycles. The lowest BCUT2D eigenvalue weighted by atomic mass is 9.90. The molecule has 0 aromatic heterocycles. The maximum absolute atomic E-state index is 11.5. The number of rotatable bonds is 6. The number of nitro groups is 1. The molecule has 2 atom stereocenters. The average Bonchev–Trinajstić information content (AvgIpc) is 2.42. The Morgan fingerprint density at radius 1 is 1.38 bits per heavy atom. The van der Waals surface area contributed by atoms with Crippen molar-refractivity contribution in [2.45, 2.75) is 32.0 Å². The molecular weight excluding hydrogens is 321 g/mol. The SMILES string of the molecule is CCCOC1C(=O)CC1Oc1cc(Cl)c(Cl)cc1[N+](=O)[O-]. The second-order valence-electron chi connectivity index (χ2n) is 4.61. The topological polar surface area (TPSA) is 78.7 Å². The molecule has 2 unspecified atom stereocenters. The van der Waals surface area contributed by atoms with Gasteiger partial charge in [0, 0.05) is 25.2 Å². The van der Waals surface area contributed by atoms with Gasteiger partial charge >= 0.3 is 5.69 Å². The van der Waals surface area contributed by atoms with Gasteiger partial charge in [0.2, 0.25) is 0 Å². The highest BCUT2D eigenvalue weighted by Gasteiger charge is 2.43. The van der Waals surface area contributed by atoms with E-state index in [1.807, 2.05) is 6.92 Å². The van der Waals surface area contributed by atoms with E-state index in [2.05, 4.69) is 0 Å². The van der Waals surface area contributed by atoms with Gasteiger partial charge in [-0.25, -0.2) is 0 Å². The van der Waals surface area contributed by atoms with Gasteiger partial charge in [0.25, 0.3) is 0 Å². The van der Waals surface area contributed by atoms with Crippen LogP contribution in [0.25, 0.3) is 0 Å². The summed E-state index contributed by atoms with van der Waals surface area (Å²) in [6, 6.07) is 2.41. The van der Waals surface area contributed by atoms with Gasteiger partial charge in [-0.15, -0.1) is 0 Å². The predicted molar refractivity (Wildman–Crippen MR) is 77.2 cm³/mol. The summed E-state index contributed by atoms with van der Waals surface area (Å²) in [6.07, 6.45) is -0.297. The van der Waals surface area contributed by atoms with Crippen molar-refractivity contribution in [2.75, 3.05) is 6.61 Å². The van der Waals surface area contributed by atoms with E-state index in [0.717, 1.165) is 12.5 Å². The number of carbonyl (C=O) groups excluding carboxylic acids is 1. The summed E-state index contributed by atoms with van der Waals surface area (Å²) in [5.74, 6) is -0.0897. The second-order valence-corrected chi connectivity index (χ2v) is 5.42. The number of nitro benzene ring substituents is 1. The van der Waals surface area contributed by atoms with Crippen LogP contribution in [-0.4, -0.2) is 29.5 Å². The minimum atomic E-state index is -0.681. The molecule has 1 aromatic rings. The van der Waals surface area contributed by atoms with E-state index in [1.54, 1.807) is 0 Å². The molecule has 0 amide bonds. The molecule has 21 heavy (non-hydrogen) atoms. The molecule has 6 nitrogen and oxygen atoms in total. The van der Waals surface area contributed by atoms with Crippen molar-refractivity contribution in [1.29, 1.82) is 0 Å². The molecular formula is C13H13Cl2NO5. The highest BCUT2D eigenvalue weighted by atomic mass is 35.5. The summed E-state index contributed by atoms with van der Waals surface area (Å²) in [4.78, 5) is 21.9. The van der Waals surface area contributed by atoms with Crippen LogP contribution in [-0.2, 0) is 9.53 Å². The molecule has 0 saturated heterocycles. The second kappa shape index (κ2) is 6.60. The van der Waals surface area contributed by atoms with E-state index in [9.17, 15) is 14.9 Å². The van der Waals surface area contributed by atoms with Crippen molar-refractivity contribution in [2.24, 2.45) is 0 Å². The Bertz CT molecular complexity index is 578. The number of Topliss-reactive ketones (excluding diaryl/α,β-unsaturated/α-hetero) is 1. The van der Waals surface area contributed by atoms with Gasteiger partial charge in [0.05, 0.1) is 15.0 Å². The maximum atomic E-state index is 11.5. The van der Waals surface area contributed by atoms with Crippen molar-refractivity contribution in [1.82, 2.24) is 0 Å². The van der Waals surface area contributed by atoms with Crippen LogP contribution in [0, 0.1) is 10.1 Å². The fourth-order valence-corrected chi connectivity index (χ4v) is 2.25. The van der Waals surface area contributed by atoms with Crippen molar-refractivity contribution in [3.8, 4) is 5.75 Å². The van der Waals surface area contributed by atoms with Crippen LogP contribution < -0.4 is 4.74 Å². The molecule has 8 heteroatoms. The monoisotopic (exact) mass is 333 g/mol. The lowest BCUT2D eigenvalue weighted by molar-refractivity contribution is -0.386. The van der Waals surface area contributed by atoms with Gasteiger partial charge in [-0.1, -0.05) is 30.1 Å². The van der Waals surface area contributed by atoms with E-state index in [-0.39, 0.29) is 33.7 Å². The fraction of sp³-hybridized carbons (Fsp3) is 0.462. The smallest absolute Gasteiger partial charge is 0.312 e. The Balaban J connectivity index is 2.17. The standard InChI is InChI=1S/C13H13Cl2NO5/c1-2-3-20-13-10(17)6-12(13)21-11-5-8(15)7(14)4-9(11)16(18)19/h4-5,12-13H,2-3,6H2,1H3. The third kappa shape index (κ3) is 3.45. The summed E-state index contributed by atoms with van der Waals surface area (Å²) < 4.78 is 10.9. The Labute approximate surface area is 131 Å². The van der Waals surface area contributed by atoms with Crippen molar-refractivity contribution < 1.29 is 19.2 Å². The van der Waals surface area contributed by atoms with E-state index < -0.39 is 17.1 Å². The predicted octanol–water partition coefficient (Wildman–Crippen LogP) is 3.42. The summed E-state index contributed by atoms with van der Waals surface area (Å²) in [7, 11) is 0. The maximum Gasteiger partial charge on any atom is 0.312 e. The highest BCUT2D eigenvalue weighted by molar-refractivity contribution is 6.42. The van der Waals surface area contributed by atoms with Crippen LogP contribution in [0.1, 0.15) is 19.8 Å². The molecule has 1 saturated carbocycles. The quantitative estimate of drug-likeness (QED) is 0.588. The van der Waals surface area contributed by atoms with Crippen molar-refractivity contribution >= 4 is 34.7 Å². The molecule has 1 aliphatic rings.